The van der Waals surface area contributed by atoms with E-state index in [2.05, 4.69) is 31.4 Å². The molecule has 0 aliphatic heterocycles. The lowest BCUT2D eigenvalue weighted by Crippen LogP contribution is -2.32. The molecule has 1 aromatic carbocycles. The van der Waals surface area contributed by atoms with Crippen molar-refractivity contribution in [2.45, 2.75) is 33.2 Å². The maximum atomic E-state index is 13.0. The van der Waals surface area contributed by atoms with Crippen LogP contribution in [0.25, 0.3) is 11.3 Å². The molecule has 1 atom stereocenters. The summed E-state index contributed by atoms with van der Waals surface area (Å²) >= 11 is 3.39. The molecule has 0 saturated carbocycles. The molecular formula is C20H20BrN3O3. The zero-order chi connectivity index (χ0) is 19.6. The van der Waals surface area contributed by atoms with E-state index < -0.39 is 0 Å². The van der Waals surface area contributed by atoms with Crippen molar-refractivity contribution in [1.82, 2.24) is 15.5 Å². The third kappa shape index (κ3) is 4.03. The van der Waals surface area contributed by atoms with Gasteiger partial charge in [0.25, 0.3) is 5.91 Å². The van der Waals surface area contributed by atoms with Gasteiger partial charge in [0.05, 0.1) is 5.56 Å². The zero-order valence-electron chi connectivity index (χ0n) is 15.3. The van der Waals surface area contributed by atoms with Crippen LogP contribution in [0.3, 0.4) is 0 Å². The molecule has 0 unspecified atom stereocenters. The molecule has 3 aromatic rings. The molecule has 140 valence electrons. The molecule has 0 saturated heterocycles. The van der Waals surface area contributed by atoms with Crippen LogP contribution in [0.2, 0.25) is 0 Å². The van der Waals surface area contributed by atoms with Crippen molar-refractivity contribution in [2.75, 3.05) is 0 Å². The van der Waals surface area contributed by atoms with Crippen molar-refractivity contribution in [1.29, 1.82) is 0 Å². The smallest absolute Gasteiger partial charge is 0.267 e. The van der Waals surface area contributed by atoms with Crippen molar-refractivity contribution >= 4 is 27.6 Å². The van der Waals surface area contributed by atoms with E-state index >= 15 is 0 Å². The summed E-state index contributed by atoms with van der Waals surface area (Å²) in [6.07, 6.45) is 2.36. The summed E-state index contributed by atoms with van der Waals surface area (Å²) in [5, 5.41) is 6.92. The molecule has 3 rings (SSSR count). The van der Waals surface area contributed by atoms with Crippen molar-refractivity contribution < 1.29 is 14.1 Å². The molecule has 2 aromatic heterocycles. The Labute approximate surface area is 165 Å². The Balaban J connectivity index is 1.90. The van der Waals surface area contributed by atoms with Crippen LogP contribution in [0.5, 0.6) is 0 Å². The van der Waals surface area contributed by atoms with Crippen molar-refractivity contribution in [3.05, 3.63) is 63.6 Å². The fraction of sp³-hybridized carbons (Fsp3) is 0.250. The number of nitrogens with one attached hydrogen (secondary N) is 2. The molecule has 0 bridgehead atoms. The minimum Gasteiger partial charge on any atom is -0.360 e. The predicted molar refractivity (Wildman–Crippen MR) is 106 cm³/mol. The number of ketones is 1. The fourth-order valence-corrected chi connectivity index (χ4v) is 2.91. The van der Waals surface area contributed by atoms with E-state index in [1.807, 2.05) is 38.1 Å². The van der Waals surface area contributed by atoms with Crippen molar-refractivity contribution in [2.24, 2.45) is 0 Å². The largest absolute Gasteiger partial charge is 0.360 e. The fourth-order valence-electron chi connectivity index (χ4n) is 2.65. The number of carbonyl (C=O) groups is 2. The van der Waals surface area contributed by atoms with Crippen LogP contribution in [0, 0.1) is 6.92 Å². The average molecular weight is 430 g/mol. The molecule has 2 N–H and O–H groups in total. The van der Waals surface area contributed by atoms with Crippen LogP contribution in [-0.4, -0.2) is 27.9 Å². The monoisotopic (exact) mass is 429 g/mol. The lowest BCUT2D eigenvalue weighted by Gasteiger charge is -2.09. The van der Waals surface area contributed by atoms with Gasteiger partial charge in [-0.15, -0.1) is 0 Å². The number of amides is 1. The van der Waals surface area contributed by atoms with E-state index in [1.165, 1.54) is 6.20 Å². The number of nitrogens with zero attached hydrogens (tertiary/aromatic N) is 1. The van der Waals surface area contributed by atoms with Crippen LogP contribution in [0.1, 0.15) is 52.4 Å². The second-order valence-corrected chi connectivity index (χ2v) is 7.30. The molecule has 27 heavy (non-hydrogen) atoms. The van der Waals surface area contributed by atoms with Gasteiger partial charge in [-0.25, -0.2) is 0 Å². The van der Waals surface area contributed by atoms with Crippen LogP contribution in [0.4, 0.5) is 0 Å². The molecular weight excluding hydrogens is 410 g/mol. The second-order valence-electron chi connectivity index (χ2n) is 6.38. The van der Waals surface area contributed by atoms with Gasteiger partial charge in [0.1, 0.15) is 17.1 Å². The number of halogens is 1. The number of benzene rings is 1. The highest BCUT2D eigenvalue weighted by Crippen LogP contribution is 2.28. The van der Waals surface area contributed by atoms with Gasteiger partial charge in [0.2, 0.25) is 0 Å². The number of hydrogen-bond acceptors (Lipinski definition) is 4. The summed E-state index contributed by atoms with van der Waals surface area (Å²) in [4.78, 5) is 28.2. The SMILES string of the molecule is CC[C@@H](C)NC(=O)c1cc(C(=O)c2c(-c3ccc(Br)cc3)noc2C)c[nH]1. The van der Waals surface area contributed by atoms with Gasteiger partial charge < -0.3 is 14.8 Å². The Bertz CT molecular complexity index is 973. The number of aromatic amines is 1. The summed E-state index contributed by atoms with van der Waals surface area (Å²) in [5.41, 5.74) is 2.39. The molecule has 1 amide bonds. The quantitative estimate of drug-likeness (QED) is 0.564. The summed E-state index contributed by atoms with van der Waals surface area (Å²) in [7, 11) is 0. The van der Waals surface area contributed by atoms with Gasteiger partial charge in [-0.05, 0) is 38.5 Å². The van der Waals surface area contributed by atoms with Gasteiger partial charge in [-0.2, -0.15) is 0 Å². The van der Waals surface area contributed by atoms with Crippen LogP contribution in [0.15, 0.2) is 45.5 Å². The average Bonchev–Trinajstić information content (AvgIpc) is 3.29. The van der Waals surface area contributed by atoms with E-state index in [-0.39, 0.29) is 17.7 Å². The van der Waals surface area contributed by atoms with Gasteiger partial charge >= 0.3 is 0 Å². The van der Waals surface area contributed by atoms with Crippen LogP contribution in [-0.2, 0) is 0 Å². The van der Waals surface area contributed by atoms with Gasteiger partial charge in [0, 0.05) is 27.8 Å². The zero-order valence-corrected chi connectivity index (χ0v) is 16.9. The Morgan fingerprint density at radius 2 is 2.00 bits per heavy atom. The molecule has 2 heterocycles. The molecule has 0 radical (unpaired) electrons. The maximum absolute atomic E-state index is 13.0. The second kappa shape index (κ2) is 7.92. The number of rotatable bonds is 6. The summed E-state index contributed by atoms with van der Waals surface area (Å²) in [6.45, 7) is 5.62. The normalized spacial score (nSPS) is 12.0. The minimum atomic E-state index is -0.245. The molecule has 0 spiro atoms. The van der Waals surface area contributed by atoms with E-state index in [0.717, 1.165) is 16.5 Å². The third-order valence-electron chi connectivity index (χ3n) is 4.39. The minimum absolute atomic E-state index is 0.0595. The first-order valence-electron chi connectivity index (χ1n) is 8.66. The lowest BCUT2D eigenvalue weighted by molar-refractivity contribution is 0.0934. The Hall–Kier alpha value is -2.67. The Morgan fingerprint density at radius 3 is 2.67 bits per heavy atom. The van der Waals surface area contributed by atoms with E-state index in [1.54, 1.807) is 13.0 Å². The first-order chi connectivity index (χ1) is 12.9. The third-order valence-corrected chi connectivity index (χ3v) is 4.92. The van der Waals surface area contributed by atoms with E-state index in [0.29, 0.717) is 28.3 Å². The Morgan fingerprint density at radius 1 is 1.30 bits per heavy atom. The molecule has 0 aliphatic rings. The van der Waals surface area contributed by atoms with Gasteiger partial charge in [-0.3, -0.25) is 9.59 Å². The molecule has 7 heteroatoms. The van der Waals surface area contributed by atoms with Gasteiger partial charge in [0.15, 0.2) is 5.78 Å². The highest BCUT2D eigenvalue weighted by molar-refractivity contribution is 9.10. The van der Waals surface area contributed by atoms with Crippen LogP contribution < -0.4 is 5.32 Å². The van der Waals surface area contributed by atoms with E-state index in [4.69, 9.17) is 4.52 Å². The highest BCUT2D eigenvalue weighted by atomic mass is 79.9. The topological polar surface area (TPSA) is 88.0 Å². The molecule has 0 aliphatic carbocycles. The summed E-state index contributed by atoms with van der Waals surface area (Å²) in [6, 6.07) is 9.09. The highest BCUT2D eigenvalue weighted by Gasteiger charge is 2.24. The van der Waals surface area contributed by atoms with Crippen LogP contribution >= 0.6 is 15.9 Å². The first-order valence-corrected chi connectivity index (χ1v) is 9.46. The van der Waals surface area contributed by atoms with Crippen molar-refractivity contribution in [3.63, 3.8) is 0 Å². The molecule has 0 fully saturated rings. The number of carbonyl (C=O) groups excluding carboxylic acids is 2. The van der Waals surface area contributed by atoms with Gasteiger partial charge in [-0.1, -0.05) is 40.1 Å². The first kappa shape index (κ1) is 19.1. The summed E-state index contributed by atoms with van der Waals surface area (Å²) in [5.74, 6) is -0.0474. The number of aryl methyl sites for hydroxylation is 1. The predicted octanol–water partition coefficient (Wildman–Crippen LogP) is 4.50. The van der Waals surface area contributed by atoms with Crippen molar-refractivity contribution in [3.8, 4) is 11.3 Å². The molecule has 6 nitrogen and oxygen atoms in total. The number of hydrogen-bond donors (Lipinski definition) is 2. The number of aromatic nitrogens is 2. The standard InChI is InChI=1S/C20H20BrN3O3/c1-4-11(2)23-20(26)16-9-14(10-22-16)19(25)17-12(3)27-24-18(17)13-5-7-15(21)8-6-13/h5-11,22H,4H2,1-3H3,(H,23,26)/t11-/m1/s1. The lowest BCUT2D eigenvalue weighted by atomic mass is 9.99. The number of H-pyrrole nitrogens is 1. The summed E-state index contributed by atoms with van der Waals surface area (Å²) < 4.78 is 6.20. The van der Waals surface area contributed by atoms with E-state index in [9.17, 15) is 9.59 Å². The maximum Gasteiger partial charge on any atom is 0.267 e. The Kier molecular flexibility index (Phi) is 5.60.